The third kappa shape index (κ3) is 3.74. The summed E-state index contributed by atoms with van der Waals surface area (Å²) in [6.07, 6.45) is 0. The molecule has 0 saturated heterocycles. The highest BCUT2D eigenvalue weighted by atomic mass is 35.5. The third-order valence-corrected chi connectivity index (χ3v) is 5.41. The summed E-state index contributed by atoms with van der Waals surface area (Å²) < 4.78 is 28.7. The van der Waals surface area contributed by atoms with Crippen molar-refractivity contribution in [1.82, 2.24) is 9.78 Å². The number of primary amides is 1. The molecule has 10 heteroatoms. The molecule has 1 heterocycles. The molecule has 0 aliphatic heterocycles. The zero-order chi connectivity index (χ0) is 19.8. The maximum atomic E-state index is 12.6. The second kappa shape index (κ2) is 6.93. The lowest BCUT2D eigenvalue weighted by molar-refractivity contribution is 0.100. The van der Waals surface area contributed by atoms with E-state index in [2.05, 4.69) is 9.82 Å². The van der Waals surface area contributed by atoms with E-state index in [1.807, 2.05) is 6.92 Å². The maximum Gasteiger partial charge on any atom is 0.263 e. The van der Waals surface area contributed by atoms with Crippen molar-refractivity contribution in [2.24, 2.45) is 5.73 Å². The first-order valence-electron chi connectivity index (χ1n) is 7.73. The average Bonchev–Trinajstić information content (AvgIpc) is 2.91. The Morgan fingerprint density at radius 2 is 1.70 bits per heavy atom. The summed E-state index contributed by atoms with van der Waals surface area (Å²) in [5.74, 6) is -1.25. The lowest BCUT2D eigenvalue weighted by atomic mass is 10.2. The van der Waals surface area contributed by atoms with Crippen LogP contribution >= 0.6 is 11.6 Å². The van der Waals surface area contributed by atoms with Crippen LogP contribution in [0.25, 0.3) is 5.69 Å². The molecule has 3 rings (SSSR count). The lowest BCUT2D eigenvalue weighted by Gasteiger charge is -2.07. The van der Waals surface area contributed by atoms with Crippen LogP contribution in [0.1, 0.15) is 15.9 Å². The normalized spacial score (nSPS) is 11.3. The zero-order valence-electron chi connectivity index (χ0n) is 14.2. The van der Waals surface area contributed by atoms with Crippen molar-refractivity contribution >= 4 is 39.2 Å². The quantitative estimate of drug-likeness (QED) is 0.599. The van der Waals surface area contributed by atoms with Gasteiger partial charge in [-0.3, -0.25) is 9.52 Å². The molecule has 0 fully saturated rings. The number of hydrogen-bond donors (Lipinski definition) is 3. The highest BCUT2D eigenvalue weighted by molar-refractivity contribution is 7.92. The van der Waals surface area contributed by atoms with Crippen LogP contribution in [0.4, 0.5) is 11.6 Å². The van der Waals surface area contributed by atoms with Gasteiger partial charge in [0.25, 0.3) is 15.9 Å². The molecule has 0 spiro atoms. The minimum Gasteiger partial charge on any atom is -0.383 e. The van der Waals surface area contributed by atoms with Crippen LogP contribution in [0.3, 0.4) is 0 Å². The fourth-order valence-electron chi connectivity index (χ4n) is 2.43. The standard InChI is InChI=1S/C17H16ClN5O3S/c1-10-2-8-13(9-3-10)27(25,26)22-17-14(16(20)24)15(19)23(21-17)12-6-4-11(18)5-7-12/h2-9H,19H2,1H3,(H2,20,24)(H,21,22). The van der Waals surface area contributed by atoms with E-state index in [9.17, 15) is 13.2 Å². The Kier molecular flexibility index (Phi) is 4.81. The Labute approximate surface area is 160 Å². The number of hydrogen-bond acceptors (Lipinski definition) is 5. The van der Waals surface area contributed by atoms with E-state index < -0.39 is 15.9 Å². The number of nitrogen functional groups attached to an aromatic ring is 1. The molecule has 0 unspecified atom stereocenters. The summed E-state index contributed by atoms with van der Waals surface area (Å²) in [5, 5.41) is 4.62. The molecule has 0 aliphatic carbocycles. The van der Waals surface area contributed by atoms with Crippen LogP contribution in [-0.4, -0.2) is 24.1 Å². The van der Waals surface area contributed by atoms with E-state index in [1.165, 1.54) is 16.8 Å². The molecule has 0 aliphatic rings. The summed E-state index contributed by atoms with van der Waals surface area (Å²) in [4.78, 5) is 11.9. The Balaban J connectivity index is 2.07. The van der Waals surface area contributed by atoms with Crippen molar-refractivity contribution < 1.29 is 13.2 Å². The maximum absolute atomic E-state index is 12.6. The van der Waals surface area contributed by atoms with Gasteiger partial charge in [0.1, 0.15) is 11.4 Å². The van der Waals surface area contributed by atoms with Gasteiger partial charge in [-0.2, -0.15) is 0 Å². The molecule has 2 aromatic carbocycles. The summed E-state index contributed by atoms with van der Waals surface area (Å²) in [7, 11) is -3.99. The van der Waals surface area contributed by atoms with E-state index in [4.69, 9.17) is 23.1 Å². The number of nitrogens with zero attached hydrogens (tertiary/aromatic N) is 2. The van der Waals surface area contributed by atoms with Gasteiger partial charge in [-0.05, 0) is 43.3 Å². The van der Waals surface area contributed by atoms with Crippen LogP contribution < -0.4 is 16.2 Å². The monoisotopic (exact) mass is 405 g/mol. The van der Waals surface area contributed by atoms with Gasteiger partial charge in [0.15, 0.2) is 5.82 Å². The lowest BCUT2D eigenvalue weighted by Crippen LogP contribution is -2.18. The second-order valence-corrected chi connectivity index (χ2v) is 7.90. The number of rotatable bonds is 5. The second-order valence-electron chi connectivity index (χ2n) is 5.78. The Bertz CT molecular complexity index is 1110. The number of nitrogens with two attached hydrogens (primary N) is 2. The number of carbonyl (C=O) groups excluding carboxylic acids is 1. The number of halogens is 1. The average molecular weight is 406 g/mol. The molecule has 5 N–H and O–H groups in total. The number of nitrogens with one attached hydrogen (secondary N) is 1. The molecule has 140 valence electrons. The van der Waals surface area contributed by atoms with E-state index in [0.29, 0.717) is 10.7 Å². The number of aryl methyl sites for hydroxylation is 1. The minimum atomic E-state index is -3.99. The molecule has 0 radical (unpaired) electrons. The fraction of sp³-hybridized carbons (Fsp3) is 0.0588. The topological polar surface area (TPSA) is 133 Å². The number of carbonyl (C=O) groups is 1. The van der Waals surface area contributed by atoms with Crippen LogP contribution in [0, 0.1) is 6.92 Å². The highest BCUT2D eigenvalue weighted by Crippen LogP contribution is 2.27. The summed E-state index contributed by atoms with van der Waals surface area (Å²) in [5.41, 5.74) is 12.5. The van der Waals surface area contributed by atoms with Gasteiger partial charge in [0, 0.05) is 5.02 Å². The summed E-state index contributed by atoms with van der Waals surface area (Å²) >= 11 is 5.87. The zero-order valence-corrected chi connectivity index (χ0v) is 15.8. The molecule has 3 aromatic rings. The molecular formula is C17H16ClN5O3S. The molecule has 1 aromatic heterocycles. The number of amides is 1. The van der Waals surface area contributed by atoms with Crippen molar-refractivity contribution in [2.75, 3.05) is 10.5 Å². The Morgan fingerprint density at radius 3 is 2.26 bits per heavy atom. The van der Waals surface area contributed by atoms with Gasteiger partial charge in [0.05, 0.1) is 10.6 Å². The Morgan fingerprint density at radius 1 is 1.11 bits per heavy atom. The van der Waals surface area contributed by atoms with Crippen molar-refractivity contribution in [3.05, 3.63) is 64.7 Å². The van der Waals surface area contributed by atoms with Crippen LogP contribution in [0.2, 0.25) is 5.02 Å². The van der Waals surface area contributed by atoms with Gasteiger partial charge in [0.2, 0.25) is 0 Å². The molecule has 1 amide bonds. The first kappa shape index (κ1) is 18.7. The smallest absolute Gasteiger partial charge is 0.263 e. The van der Waals surface area contributed by atoms with E-state index in [1.54, 1.807) is 36.4 Å². The molecule has 0 saturated carbocycles. The molecular weight excluding hydrogens is 390 g/mol. The van der Waals surface area contributed by atoms with E-state index in [-0.39, 0.29) is 22.1 Å². The van der Waals surface area contributed by atoms with Crippen molar-refractivity contribution in [3.63, 3.8) is 0 Å². The first-order valence-corrected chi connectivity index (χ1v) is 9.59. The van der Waals surface area contributed by atoms with Crippen molar-refractivity contribution in [1.29, 1.82) is 0 Å². The Hall–Kier alpha value is -3.04. The third-order valence-electron chi connectivity index (χ3n) is 3.80. The van der Waals surface area contributed by atoms with Crippen LogP contribution in [0.5, 0.6) is 0 Å². The molecule has 8 nitrogen and oxygen atoms in total. The van der Waals surface area contributed by atoms with Gasteiger partial charge in [-0.15, -0.1) is 5.10 Å². The van der Waals surface area contributed by atoms with Crippen molar-refractivity contribution in [2.45, 2.75) is 11.8 Å². The van der Waals surface area contributed by atoms with Crippen LogP contribution in [-0.2, 0) is 10.0 Å². The minimum absolute atomic E-state index is 0.0168. The van der Waals surface area contributed by atoms with Gasteiger partial charge < -0.3 is 11.5 Å². The van der Waals surface area contributed by atoms with E-state index >= 15 is 0 Å². The van der Waals surface area contributed by atoms with Crippen molar-refractivity contribution in [3.8, 4) is 5.69 Å². The molecule has 27 heavy (non-hydrogen) atoms. The first-order chi connectivity index (χ1) is 12.7. The summed E-state index contributed by atoms with van der Waals surface area (Å²) in [6.45, 7) is 1.84. The van der Waals surface area contributed by atoms with E-state index in [0.717, 1.165) is 5.56 Å². The highest BCUT2D eigenvalue weighted by Gasteiger charge is 2.25. The van der Waals surface area contributed by atoms with Gasteiger partial charge in [-0.1, -0.05) is 29.3 Å². The van der Waals surface area contributed by atoms with Crippen LogP contribution in [0.15, 0.2) is 53.4 Å². The van der Waals surface area contributed by atoms with Gasteiger partial charge >= 0.3 is 0 Å². The number of aromatic nitrogens is 2. The number of sulfonamides is 1. The fourth-order valence-corrected chi connectivity index (χ4v) is 3.56. The molecule has 0 atom stereocenters. The van der Waals surface area contributed by atoms with Gasteiger partial charge in [-0.25, -0.2) is 13.1 Å². The number of benzene rings is 2. The number of anilines is 2. The largest absolute Gasteiger partial charge is 0.383 e. The predicted octanol–water partition coefficient (Wildman–Crippen LogP) is 2.32. The SMILES string of the molecule is Cc1ccc(S(=O)(=O)Nc2nn(-c3ccc(Cl)cc3)c(N)c2C(N)=O)cc1. The summed E-state index contributed by atoms with van der Waals surface area (Å²) in [6, 6.07) is 12.7. The predicted molar refractivity (Wildman–Crippen MR) is 103 cm³/mol. The molecule has 0 bridgehead atoms.